The van der Waals surface area contributed by atoms with Crippen LogP contribution in [0.1, 0.15) is 27.7 Å². The first-order valence-corrected chi connectivity index (χ1v) is 9.57. The third-order valence-corrected chi connectivity index (χ3v) is 4.91. The minimum atomic E-state index is -4.13. The van der Waals surface area contributed by atoms with Crippen molar-refractivity contribution in [1.29, 1.82) is 0 Å². The van der Waals surface area contributed by atoms with Gasteiger partial charge in [0.05, 0.1) is 10.5 Å². The van der Waals surface area contributed by atoms with Crippen molar-refractivity contribution in [3.05, 3.63) is 64.8 Å². The van der Waals surface area contributed by atoms with Gasteiger partial charge in [0.2, 0.25) is 10.0 Å². The molecule has 0 aromatic heterocycles. The SMILES string of the molecule is C=C(C)/C(C)=C(\C=C(C)C)C(=O)OCCNS(=O)(=O)c1cc(F)cc(F)c1. The molecular formula is C19H23F2NO4S. The highest BCUT2D eigenvalue weighted by Crippen LogP contribution is 2.17. The summed E-state index contributed by atoms with van der Waals surface area (Å²) in [6.45, 7) is 10.4. The molecule has 0 spiro atoms. The summed E-state index contributed by atoms with van der Waals surface area (Å²) in [7, 11) is -4.13. The zero-order valence-corrected chi connectivity index (χ0v) is 16.5. The van der Waals surface area contributed by atoms with Crippen LogP contribution in [0.4, 0.5) is 8.78 Å². The van der Waals surface area contributed by atoms with Crippen LogP contribution in [-0.4, -0.2) is 27.5 Å². The van der Waals surface area contributed by atoms with Crippen LogP contribution < -0.4 is 4.72 Å². The largest absolute Gasteiger partial charge is 0.461 e. The van der Waals surface area contributed by atoms with Crippen molar-refractivity contribution in [1.82, 2.24) is 4.72 Å². The zero-order chi connectivity index (χ0) is 20.8. The van der Waals surface area contributed by atoms with Gasteiger partial charge in [-0.15, -0.1) is 0 Å². The molecule has 0 aliphatic rings. The van der Waals surface area contributed by atoms with Crippen molar-refractivity contribution in [2.45, 2.75) is 32.6 Å². The van der Waals surface area contributed by atoms with Crippen LogP contribution in [0.3, 0.4) is 0 Å². The molecule has 0 amide bonds. The highest BCUT2D eigenvalue weighted by atomic mass is 32.2. The molecule has 8 heteroatoms. The molecule has 0 bridgehead atoms. The van der Waals surface area contributed by atoms with Gasteiger partial charge in [0.15, 0.2) is 0 Å². The standard InChI is InChI=1S/C19H23F2NO4S/c1-12(2)8-18(14(5)13(3)4)19(23)26-7-6-22-27(24,25)17-10-15(20)9-16(21)11-17/h8-11,22H,3,6-7H2,1-2,4-5H3/b18-14+. The number of benzene rings is 1. The summed E-state index contributed by atoms with van der Waals surface area (Å²) in [6, 6.07) is 1.97. The number of allylic oxidation sites excluding steroid dienone is 3. The average Bonchev–Trinajstić information content (AvgIpc) is 2.54. The smallest absolute Gasteiger partial charge is 0.338 e. The third-order valence-electron chi connectivity index (χ3n) is 3.47. The van der Waals surface area contributed by atoms with Crippen molar-refractivity contribution in [2.75, 3.05) is 13.2 Å². The number of rotatable bonds is 8. The third kappa shape index (κ3) is 7.07. The number of carbonyl (C=O) groups is 1. The molecule has 5 nitrogen and oxygen atoms in total. The van der Waals surface area contributed by atoms with E-state index in [-0.39, 0.29) is 13.2 Å². The second kappa shape index (κ2) is 9.57. The number of hydrogen-bond donors (Lipinski definition) is 1. The van der Waals surface area contributed by atoms with Gasteiger partial charge in [0.25, 0.3) is 0 Å². The van der Waals surface area contributed by atoms with E-state index in [1.807, 2.05) is 13.8 Å². The van der Waals surface area contributed by atoms with Crippen molar-refractivity contribution in [3.63, 3.8) is 0 Å². The lowest BCUT2D eigenvalue weighted by Crippen LogP contribution is -2.28. The molecule has 0 saturated heterocycles. The fraction of sp³-hybridized carbons (Fsp3) is 0.316. The summed E-state index contributed by atoms with van der Waals surface area (Å²) >= 11 is 0. The quantitative estimate of drug-likeness (QED) is 0.313. The van der Waals surface area contributed by atoms with Gasteiger partial charge in [0, 0.05) is 12.6 Å². The van der Waals surface area contributed by atoms with E-state index in [1.165, 1.54) is 0 Å². The Balaban J connectivity index is 2.77. The van der Waals surface area contributed by atoms with Crippen molar-refractivity contribution in [3.8, 4) is 0 Å². The number of nitrogens with one attached hydrogen (secondary N) is 1. The van der Waals surface area contributed by atoms with Crippen LogP contribution in [0.15, 0.2) is 58.0 Å². The Morgan fingerprint density at radius 1 is 1.15 bits per heavy atom. The summed E-state index contributed by atoms with van der Waals surface area (Å²) in [5.74, 6) is -2.63. The molecule has 1 N–H and O–H groups in total. The number of carbonyl (C=O) groups excluding carboxylic acids is 1. The summed E-state index contributed by atoms with van der Waals surface area (Å²) < 4.78 is 57.6. The van der Waals surface area contributed by atoms with Gasteiger partial charge in [-0.2, -0.15) is 0 Å². The van der Waals surface area contributed by atoms with E-state index >= 15 is 0 Å². The van der Waals surface area contributed by atoms with Crippen molar-refractivity contribution < 1.29 is 26.7 Å². The normalized spacial score (nSPS) is 12.2. The van der Waals surface area contributed by atoms with Gasteiger partial charge in [-0.1, -0.05) is 17.7 Å². The molecule has 0 aliphatic carbocycles. The van der Waals surface area contributed by atoms with E-state index in [4.69, 9.17) is 4.74 Å². The number of sulfonamides is 1. The molecule has 1 rings (SSSR count). The summed E-state index contributed by atoms with van der Waals surface area (Å²) in [5, 5.41) is 0. The van der Waals surface area contributed by atoms with Gasteiger partial charge < -0.3 is 4.74 Å². The van der Waals surface area contributed by atoms with Gasteiger partial charge in [-0.25, -0.2) is 26.7 Å². The summed E-state index contributed by atoms with van der Waals surface area (Å²) in [6.07, 6.45) is 1.66. The van der Waals surface area contributed by atoms with Crippen LogP contribution >= 0.6 is 0 Å². The Morgan fingerprint density at radius 3 is 2.19 bits per heavy atom. The second-order valence-electron chi connectivity index (χ2n) is 6.18. The monoisotopic (exact) mass is 399 g/mol. The maximum Gasteiger partial charge on any atom is 0.338 e. The molecule has 0 saturated carbocycles. The van der Waals surface area contributed by atoms with Crippen LogP contribution in [0.5, 0.6) is 0 Å². The van der Waals surface area contributed by atoms with Crippen molar-refractivity contribution in [2.24, 2.45) is 0 Å². The predicted octanol–water partition coefficient (Wildman–Crippen LogP) is 3.65. The van der Waals surface area contributed by atoms with Crippen LogP contribution in [0, 0.1) is 11.6 Å². The van der Waals surface area contributed by atoms with Crippen molar-refractivity contribution >= 4 is 16.0 Å². The molecule has 0 atom stereocenters. The minimum Gasteiger partial charge on any atom is -0.461 e. The molecule has 1 aromatic rings. The van der Waals surface area contributed by atoms with E-state index in [2.05, 4.69) is 11.3 Å². The number of halogens is 2. The molecular weight excluding hydrogens is 376 g/mol. The van der Waals surface area contributed by atoms with Crippen LogP contribution in [0.2, 0.25) is 0 Å². The molecule has 27 heavy (non-hydrogen) atoms. The maximum absolute atomic E-state index is 13.2. The lowest BCUT2D eigenvalue weighted by Gasteiger charge is -2.11. The van der Waals surface area contributed by atoms with Crippen LogP contribution in [0.25, 0.3) is 0 Å². The number of esters is 1. The molecule has 0 aliphatic heterocycles. The Morgan fingerprint density at radius 2 is 1.70 bits per heavy atom. The van der Waals surface area contributed by atoms with E-state index < -0.39 is 32.5 Å². The first kappa shape index (κ1) is 22.7. The molecule has 148 valence electrons. The summed E-state index contributed by atoms with van der Waals surface area (Å²) in [4.78, 5) is 11.7. The Hall–Kier alpha value is -2.32. The Kier molecular flexibility index (Phi) is 8.05. The second-order valence-corrected chi connectivity index (χ2v) is 7.95. The van der Waals surface area contributed by atoms with E-state index in [9.17, 15) is 22.0 Å². The highest BCUT2D eigenvalue weighted by molar-refractivity contribution is 7.89. The minimum absolute atomic E-state index is 0.250. The highest BCUT2D eigenvalue weighted by Gasteiger charge is 2.17. The maximum atomic E-state index is 13.2. The first-order valence-electron chi connectivity index (χ1n) is 8.08. The predicted molar refractivity (Wildman–Crippen MR) is 99.5 cm³/mol. The van der Waals surface area contributed by atoms with Gasteiger partial charge in [0.1, 0.15) is 18.2 Å². The molecule has 0 unspecified atom stereocenters. The first-order chi connectivity index (χ1) is 12.4. The summed E-state index contributed by atoms with van der Waals surface area (Å²) in [5.41, 5.74) is 2.58. The average molecular weight is 399 g/mol. The van der Waals surface area contributed by atoms with Crippen LogP contribution in [-0.2, 0) is 19.6 Å². The van der Waals surface area contributed by atoms with Gasteiger partial charge >= 0.3 is 5.97 Å². The number of hydrogen-bond acceptors (Lipinski definition) is 4. The van der Waals surface area contributed by atoms with E-state index in [0.29, 0.717) is 34.9 Å². The molecule has 0 fully saturated rings. The lowest BCUT2D eigenvalue weighted by molar-refractivity contribution is -0.138. The Bertz CT molecular complexity index is 878. The lowest BCUT2D eigenvalue weighted by atomic mass is 10.0. The fourth-order valence-electron chi connectivity index (χ4n) is 2.00. The molecule has 0 radical (unpaired) electrons. The topological polar surface area (TPSA) is 72.5 Å². The van der Waals surface area contributed by atoms with E-state index in [1.54, 1.807) is 19.9 Å². The van der Waals surface area contributed by atoms with Gasteiger partial charge in [-0.3, -0.25) is 0 Å². The molecule has 1 aromatic carbocycles. The number of ether oxygens (including phenoxy) is 1. The zero-order valence-electron chi connectivity index (χ0n) is 15.7. The van der Waals surface area contributed by atoms with E-state index in [0.717, 1.165) is 5.57 Å². The molecule has 0 heterocycles. The Labute approximate surface area is 158 Å². The van der Waals surface area contributed by atoms with Gasteiger partial charge in [-0.05, 0) is 51.5 Å². The fourth-order valence-corrected chi connectivity index (χ4v) is 3.06.